The van der Waals surface area contributed by atoms with Gasteiger partial charge in [-0.25, -0.2) is 0 Å². The third-order valence-corrected chi connectivity index (χ3v) is 7.28. The number of carbonyl (C=O) groups excluding carboxylic acids is 2. The molecule has 2 aromatic carbocycles. The molecule has 0 atom stereocenters. The van der Waals surface area contributed by atoms with Gasteiger partial charge in [0.05, 0.1) is 23.6 Å². The molecule has 0 aliphatic rings. The molecule has 0 aliphatic heterocycles. The van der Waals surface area contributed by atoms with Crippen molar-refractivity contribution < 1.29 is 28.5 Å². The summed E-state index contributed by atoms with van der Waals surface area (Å²) in [6.07, 6.45) is 14.5. The van der Waals surface area contributed by atoms with Gasteiger partial charge in [-0.1, -0.05) is 116 Å². The predicted octanol–water partition coefficient (Wildman–Crippen LogP) is 10.4. The van der Waals surface area contributed by atoms with E-state index in [-0.39, 0.29) is 35.6 Å². The lowest BCUT2D eigenvalue weighted by Crippen LogP contribution is -2.14. The lowest BCUT2D eigenvalue weighted by Gasteiger charge is -2.22. The Morgan fingerprint density at radius 3 is 1.68 bits per heavy atom. The van der Waals surface area contributed by atoms with Gasteiger partial charge in [0.2, 0.25) is 11.5 Å². The van der Waals surface area contributed by atoms with E-state index < -0.39 is 0 Å². The van der Waals surface area contributed by atoms with E-state index in [0.717, 1.165) is 83.5 Å². The van der Waals surface area contributed by atoms with Crippen molar-refractivity contribution in [3.8, 4) is 23.0 Å². The highest BCUT2D eigenvalue weighted by atomic mass is 35.5. The number of rotatable bonds is 22. The summed E-state index contributed by atoms with van der Waals surface area (Å²) in [5, 5.41) is 1.41. The molecule has 0 aliphatic carbocycles. The monoisotopic (exact) mass is 590 g/mol. The molecule has 41 heavy (non-hydrogen) atoms. The Balaban J connectivity index is 2.59. The number of ether oxygens (including phenoxy) is 4. The minimum absolute atomic E-state index is 0.235. The van der Waals surface area contributed by atoms with Crippen LogP contribution in [0.25, 0.3) is 10.8 Å². The molecule has 7 heteroatoms. The van der Waals surface area contributed by atoms with Gasteiger partial charge in [-0.2, -0.15) is 0 Å². The van der Waals surface area contributed by atoms with Crippen molar-refractivity contribution in [3.05, 3.63) is 23.2 Å². The van der Waals surface area contributed by atoms with Crippen molar-refractivity contribution in [2.24, 2.45) is 0 Å². The molecule has 6 nitrogen and oxygen atoms in total. The molecular formula is C34H51ClO6. The molecular weight excluding hydrogens is 540 g/mol. The Morgan fingerprint density at radius 2 is 1.10 bits per heavy atom. The molecule has 0 radical (unpaired) electrons. The second-order valence-electron chi connectivity index (χ2n) is 10.7. The first-order valence-electron chi connectivity index (χ1n) is 15.9. The Morgan fingerprint density at radius 1 is 0.585 bits per heavy atom. The quantitative estimate of drug-likeness (QED) is 0.0771. The van der Waals surface area contributed by atoms with E-state index in [2.05, 4.69) is 20.8 Å². The molecule has 0 spiro atoms. The molecule has 0 saturated carbocycles. The zero-order valence-corrected chi connectivity index (χ0v) is 26.5. The summed E-state index contributed by atoms with van der Waals surface area (Å²) in [5.41, 5.74) is 0. The molecule has 0 aromatic heterocycles. The van der Waals surface area contributed by atoms with Gasteiger partial charge in [-0.05, 0) is 31.7 Å². The first-order chi connectivity index (χ1) is 20.0. The first kappa shape index (κ1) is 34.7. The van der Waals surface area contributed by atoms with Crippen LogP contribution in [0.3, 0.4) is 0 Å². The maximum Gasteiger partial charge on any atom is 0.311 e. The molecule has 230 valence electrons. The van der Waals surface area contributed by atoms with Crippen molar-refractivity contribution in [2.45, 2.75) is 130 Å². The number of esters is 2. The summed E-state index contributed by atoms with van der Waals surface area (Å²) in [4.78, 5) is 25.9. The van der Waals surface area contributed by atoms with Crippen molar-refractivity contribution in [1.29, 1.82) is 0 Å². The summed E-state index contributed by atoms with van der Waals surface area (Å²) in [6, 6.07) is 5.34. The molecule has 0 heterocycles. The van der Waals surface area contributed by atoms with Crippen LogP contribution < -0.4 is 18.9 Å². The molecule has 0 unspecified atom stereocenters. The summed E-state index contributed by atoms with van der Waals surface area (Å²) in [5.74, 6) is 0.356. The van der Waals surface area contributed by atoms with Gasteiger partial charge < -0.3 is 18.9 Å². The fraction of sp³-hybridized carbons (Fsp3) is 0.647. The van der Waals surface area contributed by atoms with E-state index in [0.29, 0.717) is 47.6 Å². The summed E-state index contributed by atoms with van der Waals surface area (Å²) in [7, 11) is 0. The summed E-state index contributed by atoms with van der Waals surface area (Å²) >= 11 is 6.74. The van der Waals surface area contributed by atoms with Gasteiger partial charge in [-0.15, -0.1) is 0 Å². The third-order valence-electron chi connectivity index (χ3n) is 6.96. The number of fused-ring (bicyclic) bond motifs is 1. The molecule has 0 bridgehead atoms. The molecule has 2 rings (SSSR count). The van der Waals surface area contributed by atoms with Crippen molar-refractivity contribution in [2.75, 3.05) is 13.2 Å². The maximum atomic E-state index is 13.1. The third kappa shape index (κ3) is 11.7. The van der Waals surface area contributed by atoms with E-state index in [1.54, 1.807) is 12.1 Å². The minimum atomic E-state index is -0.365. The zero-order chi connectivity index (χ0) is 29.9. The molecule has 0 amide bonds. The lowest BCUT2D eigenvalue weighted by atomic mass is 10.1. The summed E-state index contributed by atoms with van der Waals surface area (Å²) < 4.78 is 24.7. The lowest BCUT2D eigenvalue weighted by molar-refractivity contribution is -0.135. The highest BCUT2D eigenvalue weighted by molar-refractivity contribution is 6.36. The topological polar surface area (TPSA) is 71.1 Å². The minimum Gasteiger partial charge on any atom is -0.486 e. The highest BCUT2D eigenvalue weighted by Gasteiger charge is 2.29. The van der Waals surface area contributed by atoms with E-state index >= 15 is 0 Å². The number of halogens is 1. The maximum absolute atomic E-state index is 13.1. The average molecular weight is 591 g/mol. The molecule has 0 N–H and O–H groups in total. The number of hydrogen-bond acceptors (Lipinski definition) is 6. The van der Waals surface area contributed by atoms with Gasteiger partial charge in [0.15, 0.2) is 11.5 Å². The summed E-state index contributed by atoms with van der Waals surface area (Å²) in [6.45, 7) is 9.24. The molecule has 2 aromatic rings. The highest BCUT2D eigenvalue weighted by Crippen LogP contribution is 2.53. The van der Waals surface area contributed by atoms with Crippen LogP contribution in [-0.2, 0) is 9.59 Å². The smallest absolute Gasteiger partial charge is 0.311 e. The standard InChI is InChI=1S/C34H51ClO6/c1-5-9-12-15-16-23-29(37)41-32-30-26(21-19-22-27(30)35)31(40-28(36)20-8-4)33(38-24-17-13-10-6-2)34(32)39-25-18-14-11-7-3/h19,21-22H,5-18,20,23-25H2,1-4H3. The van der Waals surface area contributed by atoms with Gasteiger partial charge in [0, 0.05) is 18.2 Å². The Bertz CT molecular complexity index is 1070. The van der Waals surface area contributed by atoms with Gasteiger partial charge in [0.25, 0.3) is 0 Å². The van der Waals surface area contributed by atoms with Crippen LogP contribution in [0.4, 0.5) is 0 Å². The van der Waals surface area contributed by atoms with E-state index in [9.17, 15) is 9.59 Å². The zero-order valence-electron chi connectivity index (χ0n) is 25.8. The Hall–Kier alpha value is -2.47. The van der Waals surface area contributed by atoms with Crippen LogP contribution in [0.5, 0.6) is 23.0 Å². The average Bonchev–Trinajstić information content (AvgIpc) is 2.95. The largest absolute Gasteiger partial charge is 0.486 e. The SMILES string of the molecule is CCCCCCCC(=O)Oc1c(OCCCCCC)c(OCCCCCC)c(OC(=O)CCC)c2cccc(Cl)c12. The second-order valence-corrected chi connectivity index (χ2v) is 11.1. The van der Waals surface area contributed by atoms with Gasteiger partial charge in [-0.3, -0.25) is 9.59 Å². The van der Waals surface area contributed by atoms with Crippen LogP contribution >= 0.6 is 11.6 Å². The normalized spacial score (nSPS) is 11.0. The van der Waals surface area contributed by atoms with Crippen LogP contribution in [0.15, 0.2) is 18.2 Å². The molecule has 0 fully saturated rings. The Kier molecular flexibility index (Phi) is 17.3. The van der Waals surface area contributed by atoms with Crippen LogP contribution in [0.2, 0.25) is 5.02 Å². The van der Waals surface area contributed by atoms with Crippen molar-refractivity contribution in [1.82, 2.24) is 0 Å². The van der Waals surface area contributed by atoms with Crippen LogP contribution in [0.1, 0.15) is 130 Å². The van der Waals surface area contributed by atoms with Crippen molar-refractivity contribution >= 4 is 34.3 Å². The number of unbranched alkanes of at least 4 members (excludes halogenated alkanes) is 10. The number of benzene rings is 2. The van der Waals surface area contributed by atoms with E-state index in [1.807, 2.05) is 13.0 Å². The fourth-order valence-electron chi connectivity index (χ4n) is 4.66. The van der Waals surface area contributed by atoms with Crippen molar-refractivity contribution in [3.63, 3.8) is 0 Å². The van der Waals surface area contributed by atoms with Gasteiger partial charge in [0.1, 0.15) is 0 Å². The second kappa shape index (κ2) is 20.4. The fourth-order valence-corrected chi connectivity index (χ4v) is 4.92. The first-order valence-corrected chi connectivity index (χ1v) is 16.3. The van der Waals surface area contributed by atoms with E-state index in [4.69, 9.17) is 30.5 Å². The van der Waals surface area contributed by atoms with Crippen LogP contribution in [0, 0.1) is 0 Å². The van der Waals surface area contributed by atoms with Gasteiger partial charge >= 0.3 is 11.9 Å². The number of carbonyl (C=O) groups is 2. The Labute approximate surface area is 252 Å². The molecule has 0 saturated heterocycles. The van der Waals surface area contributed by atoms with Crippen LogP contribution in [-0.4, -0.2) is 25.2 Å². The predicted molar refractivity (Wildman–Crippen MR) is 168 cm³/mol. The number of hydrogen-bond donors (Lipinski definition) is 0. The van der Waals surface area contributed by atoms with E-state index in [1.165, 1.54) is 0 Å².